The first kappa shape index (κ1) is 13.1. The Balaban J connectivity index is 1.70. The quantitative estimate of drug-likeness (QED) is 0.731. The fraction of sp³-hybridized carbons (Fsp3) is 0.211. The number of nitrogens with zero attached hydrogens (tertiary/aromatic N) is 2. The number of thioether (sulfide) groups is 1. The number of allylic oxidation sites excluding steroid dienone is 1. The van der Waals surface area contributed by atoms with Gasteiger partial charge in [-0.15, -0.1) is 0 Å². The lowest BCUT2D eigenvalue weighted by Crippen LogP contribution is -2.41. The van der Waals surface area contributed by atoms with Crippen LogP contribution < -0.4 is 9.64 Å². The van der Waals surface area contributed by atoms with Crippen LogP contribution in [0.25, 0.3) is 0 Å². The molecular weight excluding hydrogens is 304 g/mol. The van der Waals surface area contributed by atoms with Crippen LogP contribution >= 0.6 is 11.8 Å². The van der Waals surface area contributed by atoms with Gasteiger partial charge in [0.15, 0.2) is 0 Å². The topological polar surface area (TPSA) is 36.3 Å². The lowest BCUT2D eigenvalue weighted by molar-refractivity contribution is 0.205. The third kappa shape index (κ3) is 1.77. The van der Waals surface area contributed by atoms with Gasteiger partial charge in [0.2, 0.25) is 0 Å². The Bertz CT molecular complexity index is 883. The van der Waals surface area contributed by atoms with E-state index in [0.717, 1.165) is 28.5 Å². The number of hydrogen-bond donors (Lipinski definition) is 0. The van der Waals surface area contributed by atoms with Crippen LogP contribution in [0.4, 0.5) is 5.69 Å². The highest BCUT2D eigenvalue weighted by atomic mass is 32.2. The zero-order valence-electron chi connectivity index (χ0n) is 12.4. The summed E-state index contributed by atoms with van der Waals surface area (Å²) in [4.78, 5) is 3.54. The molecule has 3 aliphatic rings. The van der Waals surface area contributed by atoms with Gasteiger partial charge in [-0.05, 0) is 18.2 Å². The van der Waals surface area contributed by atoms with Gasteiger partial charge in [0.1, 0.15) is 5.75 Å². The van der Waals surface area contributed by atoms with E-state index in [1.165, 1.54) is 10.6 Å². The normalized spacial score (nSPS) is 24.0. The van der Waals surface area contributed by atoms with Crippen LogP contribution in [0.3, 0.4) is 0 Å². The zero-order valence-corrected chi connectivity index (χ0v) is 13.2. The molecule has 3 nitrogen and oxygen atoms in total. The molecule has 0 amide bonds. The molecule has 2 atom stereocenters. The van der Waals surface area contributed by atoms with Crippen molar-refractivity contribution in [2.75, 3.05) is 18.1 Å². The van der Waals surface area contributed by atoms with Crippen LogP contribution in [-0.2, 0) is 0 Å². The molecule has 3 aliphatic heterocycles. The van der Waals surface area contributed by atoms with Crippen molar-refractivity contribution in [1.82, 2.24) is 0 Å². The Kier molecular flexibility index (Phi) is 2.74. The first-order chi connectivity index (χ1) is 11.4. The Morgan fingerprint density at radius 3 is 2.87 bits per heavy atom. The predicted octanol–water partition coefficient (Wildman–Crippen LogP) is 4.14. The van der Waals surface area contributed by atoms with Gasteiger partial charge in [-0.1, -0.05) is 42.1 Å². The van der Waals surface area contributed by atoms with Crippen molar-refractivity contribution in [3.8, 4) is 11.8 Å². The molecule has 112 valence electrons. The summed E-state index contributed by atoms with van der Waals surface area (Å²) in [5.74, 6) is 1.39. The number of fused-ring (bicyclic) bond motifs is 6. The van der Waals surface area contributed by atoms with Gasteiger partial charge in [-0.2, -0.15) is 5.26 Å². The number of ether oxygens (including phenoxy) is 1. The molecule has 0 bridgehead atoms. The van der Waals surface area contributed by atoms with Crippen LogP contribution in [0.1, 0.15) is 11.5 Å². The van der Waals surface area contributed by atoms with Gasteiger partial charge < -0.3 is 9.64 Å². The lowest BCUT2D eigenvalue weighted by atomic mass is 9.77. The Labute approximate surface area is 139 Å². The molecule has 2 aromatic rings. The van der Waals surface area contributed by atoms with Crippen molar-refractivity contribution in [3.05, 3.63) is 64.7 Å². The summed E-state index contributed by atoms with van der Waals surface area (Å²) in [6.45, 7) is 1.58. The predicted molar refractivity (Wildman–Crippen MR) is 90.5 cm³/mol. The molecule has 0 spiro atoms. The van der Waals surface area contributed by atoms with Gasteiger partial charge >= 0.3 is 0 Å². The smallest absolute Gasteiger partial charge is 0.123 e. The fourth-order valence-electron chi connectivity index (χ4n) is 3.87. The third-order valence-corrected chi connectivity index (χ3v) is 6.06. The van der Waals surface area contributed by atoms with Crippen LogP contribution in [0.15, 0.2) is 64.0 Å². The van der Waals surface area contributed by atoms with E-state index in [9.17, 15) is 5.26 Å². The van der Waals surface area contributed by atoms with Crippen LogP contribution in [0.2, 0.25) is 0 Å². The second-order valence-corrected chi connectivity index (χ2v) is 7.13. The summed E-state index contributed by atoms with van der Waals surface area (Å²) in [6.07, 6.45) is 0. The molecule has 0 unspecified atom stereocenters. The highest BCUT2D eigenvalue weighted by Crippen LogP contribution is 2.55. The summed E-state index contributed by atoms with van der Waals surface area (Å²) >= 11 is 1.73. The standard InChI is InChI=1S/C19H14N2OS/c20-9-14-18-12(11-22-16-7-3-1-5-13(16)18)10-21-15-6-2-4-8-17(15)23-19(14)21/h1-8,12,18H,10-11H2/t12-,18-/m1/s1. The van der Waals surface area contributed by atoms with E-state index >= 15 is 0 Å². The highest BCUT2D eigenvalue weighted by Gasteiger charge is 2.44. The minimum atomic E-state index is 0.151. The summed E-state index contributed by atoms with van der Waals surface area (Å²) in [5, 5.41) is 11.0. The molecule has 0 fully saturated rings. The maximum Gasteiger partial charge on any atom is 0.123 e. The van der Waals surface area contributed by atoms with Crippen LogP contribution in [0.5, 0.6) is 5.75 Å². The molecule has 5 rings (SSSR count). The first-order valence-corrected chi connectivity index (χ1v) is 8.59. The second-order valence-electron chi connectivity index (χ2n) is 6.10. The van der Waals surface area contributed by atoms with Crippen molar-refractivity contribution in [2.45, 2.75) is 10.8 Å². The summed E-state index contributed by atoms with van der Waals surface area (Å²) in [6, 6.07) is 19.0. The Hall–Kier alpha value is -2.38. The Morgan fingerprint density at radius 2 is 1.96 bits per heavy atom. The summed E-state index contributed by atoms with van der Waals surface area (Å²) in [7, 11) is 0. The fourth-order valence-corrected chi connectivity index (χ4v) is 5.07. The number of hydrogen-bond acceptors (Lipinski definition) is 4. The van der Waals surface area contributed by atoms with Gasteiger partial charge in [0.05, 0.1) is 29.0 Å². The average molecular weight is 318 g/mol. The zero-order chi connectivity index (χ0) is 15.4. The van der Waals surface area contributed by atoms with Crippen LogP contribution in [-0.4, -0.2) is 13.2 Å². The van der Waals surface area contributed by atoms with E-state index < -0.39 is 0 Å². The minimum Gasteiger partial charge on any atom is -0.493 e. The molecule has 0 N–H and O–H groups in total. The van der Waals surface area contributed by atoms with Crippen molar-refractivity contribution in [3.63, 3.8) is 0 Å². The summed E-state index contributed by atoms with van der Waals surface area (Å²) in [5.41, 5.74) is 3.26. The van der Waals surface area contributed by atoms with Crippen LogP contribution in [0, 0.1) is 17.2 Å². The van der Waals surface area contributed by atoms with E-state index in [-0.39, 0.29) is 5.92 Å². The minimum absolute atomic E-state index is 0.151. The number of benzene rings is 2. The van der Waals surface area contributed by atoms with Crippen molar-refractivity contribution in [1.29, 1.82) is 5.26 Å². The van der Waals surface area contributed by atoms with E-state index in [1.54, 1.807) is 11.8 Å². The van der Waals surface area contributed by atoms with E-state index in [2.05, 4.69) is 41.3 Å². The second kappa shape index (κ2) is 4.81. The number of anilines is 1. The van der Waals surface area contributed by atoms with Gasteiger partial charge in [0, 0.05) is 28.8 Å². The molecule has 0 radical (unpaired) electrons. The molecular formula is C19H14N2OS. The maximum absolute atomic E-state index is 9.89. The molecule has 23 heavy (non-hydrogen) atoms. The summed E-state index contributed by atoms with van der Waals surface area (Å²) < 4.78 is 5.96. The molecule has 4 heteroatoms. The molecule has 0 aliphatic carbocycles. The lowest BCUT2D eigenvalue weighted by Gasteiger charge is -2.41. The number of para-hydroxylation sites is 2. The monoisotopic (exact) mass is 318 g/mol. The maximum atomic E-state index is 9.89. The Morgan fingerprint density at radius 1 is 1.13 bits per heavy atom. The van der Waals surface area contributed by atoms with Crippen molar-refractivity contribution < 1.29 is 4.74 Å². The third-order valence-electron chi connectivity index (χ3n) is 4.87. The molecule has 0 aromatic heterocycles. The highest BCUT2D eigenvalue weighted by molar-refractivity contribution is 8.03. The average Bonchev–Trinajstić information content (AvgIpc) is 2.98. The number of nitriles is 1. The van der Waals surface area contributed by atoms with Gasteiger partial charge in [-0.3, -0.25) is 0 Å². The SMILES string of the molecule is N#CC1=C2Sc3ccccc3N2C[C@@H]2COc3ccccc3[C@H]12. The largest absolute Gasteiger partial charge is 0.493 e. The van der Waals surface area contributed by atoms with E-state index in [0.29, 0.717) is 12.5 Å². The van der Waals surface area contributed by atoms with Crippen molar-refractivity contribution in [2.24, 2.45) is 5.92 Å². The van der Waals surface area contributed by atoms with Gasteiger partial charge in [-0.25, -0.2) is 0 Å². The van der Waals surface area contributed by atoms with Crippen molar-refractivity contribution >= 4 is 17.4 Å². The molecule has 0 saturated heterocycles. The molecule has 0 saturated carbocycles. The van der Waals surface area contributed by atoms with E-state index in [4.69, 9.17) is 4.74 Å². The van der Waals surface area contributed by atoms with Gasteiger partial charge in [0.25, 0.3) is 0 Å². The van der Waals surface area contributed by atoms with E-state index in [1.807, 2.05) is 18.2 Å². The molecule has 3 heterocycles. The molecule has 2 aromatic carbocycles. The first-order valence-electron chi connectivity index (χ1n) is 7.77. The number of rotatable bonds is 0.